The largest absolute Gasteiger partial charge is 0.483 e. The van der Waals surface area contributed by atoms with Gasteiger partial charge in [0.15, 0.2) is 6.61 Å². The minimum absolute atomic E-state index is 0.145. The Labute approximate surface area is 219 Å². The molecule has 0 heterocycles. The third kappa shape index (κ3) is 7.34. The van der Waals surface area contributed by atoms with Gasteiger partial charge < -0.3 is 15.0 Å². The Hall–Kier alpha value is -3.31. The lowest BCUT2D eigenvalue weighted by Crippen LogP contribution is -2.51. The van der Waals surface area contributed by atoms with Gasteiger partial charge in [-0.2, -0.15) is 0 Å². The van der Waals surface area contributed by atoms with Crippen molar-refractivity contribution in [3.63, 3.8) is 0 Å². The topological polar surface area (TPSA) is 58.6 Å². The third-order valence-corrected chi connectivity index (χ3v) is 6.34. The Morgan fingerprint density at radius 2 is 1.58 bits per heavy atom. The van der Waals surface area contributed by atoms with Crippen LogP contribution in [0.3, 0.4) is 0 Å². The van der Waals surface area contributed by atoms with Crippen molar-refractivity contribution < 1.29 is 14.3 Å². The molecular formula is C30H35ClN2O3. The third-order valence-electron chi connectivity index (χ3n) is 5.97. The van der Waals surface area contributed by atoms with Crippen LogP contribution < -0.4 is 10.1 Å². The van der Waals surface area contributed by atoms with E-state index in [-0.39, 0.29) is 30.4 Å². The molecular weight excluding hydrogens is 472 g/mol. The number of amides is 2. The lowest BCUT2D eigenvalue weighted by atomic mass is 9.86. The summed E-state index contributed by atoms with van der Waals surface area (Å²) in [4.78, 5) is 28.5. The highest BCUT2D eigenvalue weighted by Gasteiger charge is 2.31. The standard InChI is InChI=1S/C30H35ClN2O3/c1-5-32-29(35)26(19-22-13-7-6-8-14-22)33(20-23-15-9-11-17-25(23)31)28(34)21-36-27-18-12-10-16-24(27)30(2,3)4/h6-18,26H,5,19-21H2,1-4H3,(H,32,35). The minimum Gasteiger partial charge on any atom is -0.483 e. The summed E-state index contributed by atoms with van der Waals surface area (Å²) in [6.07, 6.45) is 0.376. The lowest BCUT2D eigenvalue weighted by Gasteiger charge is -2.32. The fraction of sp³-hybridized carbons (Fsp3) is 0.333. The molecule has 0 saturated heterocycles. The SMILES string of the molecule is CCNC(=O)C(Cc1ccccc1)N(Cc1ccccc1Cl)C(=O)COc1ccccc1C(C)(C)C. The fourth-order valence-electron chi connectivity index (χ4n) is 4.09. The molecule has 6 heteroatoms. The predicted octanol–water partition coefficient (Wildman–Crippen LogP) is 5.79. The van der Waals surface area contributed by atoms with E-state index in [0.717, 1.165) is 16.7 Å². The van der Waals surface area contributed by atoms with Gasteiger partial charge in [-0.15, -0.1) is 0 Å². The Morgan fingerprint density at radius 3 is 2.25 bits per heavy atom. The van der Waals surface area contributed by atoms with Gasteiger partial charge in [0.1, 0.15) is 11.8 Å². The summed E-state index contributed by atoms with van der Waals surface area (Å²) in [5, 5.41) is 3.44. The summed E-state index contributed by atoms with van der Waals surface area (Å²) < 4.78 is 6.06. The van der Waals surface area contributed by atoms with Gasteiger partial charge in [-0.05, 0) is 41.2 Å². The van der Waals surface area contributed by atoms with E-state index in [1.54, 1.807) is 11.0 Å². The number of rotatable bonds is 10. The Morgan fingerprint density at radius 1 is 0.944 bits per heavy atom. The number of hydrogen-bond donors (Lipinski definition) is 1. The van der Waals surface area contributed by atoms with Crippen molar-refractivity contribution in [1.82, 2.24) is 10.2 Å². The molecule has 0 radical (unpaired) electrons. The van der Waals surface area contributed by atoms with E-state index >= 15 is 0 Å². The summed E-state index contributed by atoms with van der Waals surface area (Å²) in [5.74, 6) is 0.163. The zero-order valence-corrected chi connectivity index (χ0v) is 22.2. The number of benzene rings is 3. The fourth-order valence-corrected chi connectivity index (χ4v) is 4.29. The molecule has 0 aliphatic rings. The Balaban J connectivity index is 1.93. The molecule has 0 aromatic heterocycles. The molecule has 3 aromatic carbocycles. The number of carbonyl (C=O) groups excluding carboxylic acids is 2. The smallest absolute Gasteiger partial charge is 0.261 e. The molecule has 0 aliphatic heterocycles. The first-order chi connectivity index (χ1) is 17.2. The Kier molecular flexibility index (Phi) is 9.54. The highest BCUT2D eigenvalue weighted by atomic mass is 35.5. The average molecular weight is 507 g/mol. The van der Waals surface area contributed by atoms with Gasteiger partial charge in [-0.25, -0.2) is 0 Å². The molecule has 1 atom stereocenters. The van der Waals surface area contributed by atoms with Crippen LogP contribution in [0.2, 0.25) is 5.02 Å². The predicted molar refractivity (Wildman–Crippen MR) is 145 cm³/mol. The van der Waals surface area contributed by atoms with Gasteiger partial charge in [0.25, 0.3) is 5.91 Å². The molecule has 1 unspecified atom stereocenters. The van der Waals surface area contributed by atoms with Crippen molar-refractivity contribution in [2.75, 3.05) is 13.2 Å². The zero-order valence-electron chi connectivity index (χ0n) is 21.5. The summed E-state index contributed by atoms with van der Waals surface area (Å²) in [5.41, 5.74) is 2.60. The van der Waals surface area contributed by atoms with Gasteiger partial charge in [0.05, 0.1) is 0 Å². The van der Waals surface area contributed by atoms with Crippen LogP contribution in [0.4, 0.5) is 0 Å². The first-order valence-electron chi connectivity index (χ1n) is 12.3. The van der Waals surface area contributed by atoms with Gasteiger partial charge in [0, 0.05) is 24.5 Å². The quantitative estimate of drug-likeness (QED) is 0.378. The maximum Gasteiger partial charge on any atom is 0.261 e. The lowest BCUT2D eigenvalue weighted by molar-refractivity contribution is -0.142. The number of nitrogens with zero attached hydrogens (tertiary/aromatic N) is 1. The van der Waals surface area contributed by atoms with E-state index in [1.165, 1.54) is 0 Å². The number of likely N-dealkylation sites (N-methyl/N-ethyl adjacent to an activating group) is 1. The van der Waals surface area contributed by atoms with Gasteiger partial charge in [-0.1, -0.05) is 99.1 Å². The number of halogens is 1. The first kappa shape index (κ1) is 27.3. The van der Waals surface area contributed by atoms with Crippen LogP contribution in [0, 0.1) is 0 Å². The number of carbonyl (C=O) groups is 2. The first-order valence-corrected chi connectivity index (χ1v) is 12.6. The molecule has 190 valence electrons. The van der Waals surface area contributed by atoms with E-state index in [4.69, 9.17) is 16.3 Å². The molecule has 3 rings (SSSR count). The van der Waals surface area contributed by atoms with Crippen molar-refractivity contribution in [1.29, 1.82) is 0 Å². The monoisotopic (exact) mass is 506 g/mol. The molecule has 5 nitrogen and oxygen atoms in total. The van der Waals surface area contributed by atoms with Crippen molar-refractivity contribution in [3.05, 3.63) is 101 Å². The van der Waals surface area contributed by atoms with Crippen molar-refractivity contribution in [3.8, 4) is 5.75 Å². The van der Waals surface area contributed by atoms with Crippen LogP contribution in [-0.2, 0) is 28.0 Å². The summed E-state index contributed by atoms with van der Waals surface area (Å²) >= 11 is 6.45. The summed E-state index contributed by atoms with van der Waals surface area (Å²) in [7, 11) is 0. The molecule has 0 spiro atoms. The van der Waals surface area contributed by atoms with Crippen LogP contribution in [-0.4, -0.2) is 35.9 Å². The van der Waals surface area contributed by atoms with Crippen LogP contribution in [0.5, 0.6) is 5.75 Å². The number of ether oxygens (including phenoxy) is 1. The molecule has 3 aromatic rings. The summed E-state index contributed by atoms with van der Waals surface area (Å²) in [6, 6.07) is 24.1. The molecule has 0 bridgehead atoms. The van der Waals surface area contributed by atoms with E-state index in [9.17, 15) is 9.59 Å². The zero-order chi connectivity index (χ0) is 26.1. The van der Waals surface area contributed by atoms with Crippen LogP contribution in [0.25, 0.3) is 0 Å². The number of nitrogens with one attached hydrogen (secondary N) is 1. The molecule has 2 amide bonds. The van der Waals surface area contributed by atoms with E-state index < -0.39 is 6.04 Å². The van der Waals surface area contributed by atoms with Crippen molar-refractivity contribution in [2.45, 2.75) is 52.1 Å². The highest BCUT2D eigenvalue weighted by Crippen LogP contribution is 2.31. The molecule has 0 aliphatic carbocycles. The van der Waals surface area contributed by atoms with Crippen molar-refractivity contribution in [2.24, 2.45) is 0 Å². The van der Waals surface area contributed by atoms with Gasteiger partial charge in [-0.3, -0.25) is 9.59 Å². The number of hydrogen-bond acceptors (Lipinski definition) is 3. The van der Waals surface area contributed by atoms with Crippen LogP contribution in [0.15, 0.2) is 78.9 Å². The highest BCUT2D eigenvalue weighted by molar-refractivity contribution is 6.31. The second-order valence-electron chi connectivity index (χ2n) is 9.75. The summed E-state index contributed by atoms with van der Waals surface area (Å²) in [6.45, 7) is 8.64. The number of para-hydroxylation sites is 1. The normalized spacial score (nSPS) is 12.0. The van der Waals surface area contributed by atoms with Gasteiger partial charge in [0.2, 0.25) is 5.91 Å². The minimum atomic E-state index is -0.724. The van der Waals surface area contributed by atoms with E-state index in [1.807, 2.05) is 79.7 Å². The van der Waals surface area contributed by atoms with E-state index in [0.29, 0.717) is 23.7 Å². The van der Waals surface area contributed by atoms with E-state index in [2.05, 4.69) is 26.1 Å². The van der Waals surface area contributed by atoms with Gasteiger partial charge >= 0.3 is 0 Å². The second-order valence-corrected chi connectivity index (χ2v) is 10.2. The Bertz CT molecular complexity index is 1160. The molecule has 36 heavy (non-hydrogen) atoms. The molecule has 0 saturated carbocycles. The maximum atomic E-state index is 13.7. The van der Waals surface area contributed by atoms with Crippen LogP contribution >= 0.6 is 11.6 Å². The molecule has 0 fully saturated rings. The maximum absolute atomic E-state index is 13.7. The van der Waals surface area contributed by atoms with Crippen molar-refractivity contribution >= 4 is 23.4 Å². The molecule has 1 N–H and O–H groups in total. The van der Waals surface area contributed by atoms with Crippen LogP contribution in [0.1, 0.15) is 44.4 Å². The average Bonchev–Trinajstić information content (AvgIpc) is 2.86. The second kappa shape index (κ2) is 12.6.